The van der Waals surface area contributed by atoms with Gasteiger partial charge in [0.25, 0.3) is 0 Å². The van der Waals surface area contributed by atoms with E-state index in [4.69, 9.17) is 0 Å². The molecular weight excluding hydrogens is 198 g/mol. The highest BCUT2D eigenvalue weighted by atomic mass is 15.0. The Balaban J connectivity index is 2.45. The van der Waals surface area contributed by atoms with Crippen LogP contribution in [0.15, 0.2) is 30.6 Å². The predicted octanol–water partition coefficient (Wildman–Crippen LogP) is 2.80. The van der Waals surface area contributed by atoms with Crippen LogP contribution in [0.25, 0.3) is 11.3 Å². The maximum Gasteiger partial charge on any atom is 0.144 e. The average Bonchev–Trinajstić information content (AvgIpc) is 2.32. The second kappa shape index (κ2) is 4.31. The molecule has 1 heterocycles. The summed E-state index contributed by atoms with van der Waals surface area (Å²) >= 11 is 0. The minimum atomic E-state index is 0.786. The van der Waals surface area contributed by atoms with Gasteiger partial charge in [-0.3, -0.25) is 4.98 Å². The van der Waals surface area contributed by atoms with Crippen LogP contribution >= 0.6 is 0 Å². The fourth-order valence-electron chi connectivity index (χ4n) is 1.61. The first-order chi connectivity index (χ1) is 7.70. The topological polar surface area (TPSA) is 37.8 Å². The van der Waals surface area contributed by atoms with Gasteiger partial charge in [0.05, 0.1) is 18.1 Å². The Morgan fingerprint density at radius 2 is 1.88 bits per heavy atom. The van der Waals surface area contributed by atoms with Gasteiger partial charge in [-0.1, -0.05) is 17.7 Å². The van der Waals surface area contributed by atoms with Crippen LogP contribution < -0.4 is 5.32 Å². The molecule has 0 unspecified atom stereocenters. The smallest absolute Gasteiger partial charge is 0.144 e. The van der Waals surface area contributed by atoms with Crippen LogP contribution in [0, 0.1) is 13.8 Å². The van der Waals surface area contributed by atoms with Crippen LogP contribution in [-0.2, 0) is 0 Å². The van der Waals surface area contributed by atoms with Crippen molar-refractivity contribution in [1.29, 1.82) is 0 Å². The molecule has 0 fully saturated rings. The van der Waals surface area contributed by atoms with Gasteiger partial charge in [0.15, 0.2) is 0 Å². The van der Waals surface area contributed by atoms with Crippen molar-refractivity contribution in [1.82, 2.24) is 9.97 Å². The second-order valence-corrected chi connectivity index (χ2v) is 3.86. The molecule has 0 atom stereocenters. The quantitative estimate of drug-likeness (QED) is 0.833. The lowest BCUT2D eigenvalue weighted by Crippen LogP contribution is -1.95. The Labute approximate surface area is 95.6 Å². The third-order valence-electron chi connectivity index (χ3n) is 2.58. The fraction of sp³-hybridized carbons (Fsp3) is 0.231. The number of aromatic nitrogens is 2. The van der Waals surface area contributed by atoms with Crippen molar-refractivity contribution in [2.45, 2.75) is 13.8 Å². The van der Waals surface area contributed by atoms with Crippen molar-refractivity contribution in [3.63, 3.8) is 0 Å². The average molecular weight is 213 g/mol. The van der Waals surface area contributed by atoms with E-state index in [2.05, 4.69) is 47.3 Å². The SMILES string of the molecule is CNc1cnc(-c2cc(C)ccc2C)cn1. The van der Waals surface area contributed by atoms with E-state index in [-0.39, 0.29) is 0 Å². The third-order valence-corrected chi connectivity index (χ3v) is 2.58. The molecule has 1 aromatic carbocycles. The largest absolute Gasteiger partial charge is 0.372 e. The zero-order valence-corrected chi connectivity index (χ0v) is 9.78. The summed E-state index contributed by atoms with van der Waals surface area (Å²) in [6.07, 6.45) is 3.55. The Bertz CT molecular complexity index is 489. The fourth-order valence-corrected chi connectivity index (χ4v) is 1.61. The van der Waals surface area contributed by atoms with Gasteiger partial charge in [-0.2, -0.15) is 0 Å². The Morgan fingerprint density at radius 3 is 2.50 bits per heavy atom. The molecular formula is C13H15N3. The molecule has 0 aliphatic heterocycles. The van der Waals surface area contributed by atoms with Crippen LogP contribution in [0.2, 0.25) is 0 Å². The summed E-state index contributed by atoms with van der Waals surface area (Å²) in [5, 5.41) is 2.96. The Morgan fingerprint density at radius 1 is 1.06 bits per heavy atom. The molecule has 3 nitrogen and oxygen atoms in total. The van der Waals surface area contributed by atoms with Crippen molar-refractivity contribution in [2.75, 3.05) is 12.4 Å². The van der Waals surface area contributed by atoms with Crippen LogP contribution in [-0.4, -0.2) is 17.0 Å². The first-order valence-electron chi connectivity index (χ1n) is 5.28. The summed E-state index contributed by atoms with van der Waals surface area (Å²) in [5.74, 6) is 0.786. The summed E-state index contributed by atoms with van der Waals surface area (Å²) in [5.41, 5.74) is 4.52. The van der Waals surface area contributed by atoms with Gasteiger partial charge in [0, 0.05) is 12.6 Å². The normalized spacial score (nSPS) is 10.2. The number of nitrogens with one attached hydrogen (secondary N) is 1. The molecule has 2 rings (SSSR count). The molecule has 2 aromatic rings. The molecule has 3 heteroatoms. The van der Waals surface area contributed by atoms with E-state index in [0.29, 0.717) is 0 Å². The van der Waals surface area contributed by atoms with Gasteiger partial charge in [0.1, 0.15) is 5.82 Å². The molecule has 0 bridgehead atoms. The molecule has 0 radical (unpaired) electrons. The van der Waals surface area contributed by atoms with E-state index >= 15 is 0 Å². The van der Waals surface area contributed by atoms with Gasteiger partial charge in [-0.15, -0.1) is 0 Å². The van der Waals surface area contributed by atoms with E-state index in [1.54, 1.807) is 12.4 Å². The van der Waals surface area contributed by atoms with Crippen molar-refractivity contribution in [3.8, 4) is 11.3 Å². The van der Waals surface area contributed by atoms with Crippen molar-refractivity contribution in [2.24, 2.45) is 0 Å². The lowest BCUT2D eigenvalue weighted by Gasteiger charge is -2.06. The first-order valence-corrected chi connectivity index (χ1v) is 5.28. The summed E-state index contributed by atoms with van der Waals surface area (Å²) in [7, 11) is 1.83. The Kier molecular flexibility index (Phi) is 2.86. The van der Waals surface area contributed by atoms with Crippen molar-refractivity contribution < 1.29 is 0 Å². The van der Waals surface area contributed by atoms with Crippen molar-refractivity contribution in [3.05, 3.63) is 41.7 Å². The van der Waals surface area contributed by atoms with E-state index in [0.717, 1.165) is 17.1 Å². The zero-order valence-electron chi connectivity index (χ0n) is 9.78. The lowest BCUT2D eigenvalue weighted by atomic mass is 10.0. The molecule has 1 N–H and O–H groups in total. The summed E-state index contributed by atoms with van der Waals surface area (Å²) in [4.78, 5) is 8.67. The number of rotatable bonds is 2. The lowest BCUT2D eigenvalue weighted by molar-refractivity contribution is 1.18. The van der Waals surface area contributed by atoms with Gasteiger partial charge in [0.2, 0.25) is 0 Å². The van der Waals surface area contributed by atoms with E-state index in [1.165, 1.54) is 11.1 Å². The molecule has 82 valence electrons. The third kappa shape index (κ3) is 2.03. The number of anilines is 1. The molecule has 0 aliphatic carbocycles. The minimum Gasteiger partial charge on any atom is -0.372 e. The highest BCUT2D eigenvalue weighted by Crippen LogP contribution is 2.22. The molecule has 16 heavy (non-hydrogen) atoms. The van der Waals surface area contributed by atoms with Crippen LogP contribution in [0.3, 0.4) is 0 Å². The second-order valence-electron chi connectivity index (χ2n) is 3.86. The van der Waals surface area contributed by atoms with Gasteiger partial charge in [-0.25, -0.2) is 4.98 Å². The Hall–Kier alpha value is -1.90. The van der Waals surface area contributed by atoms with Gasteiger partial charge in [-0.05, 0) is 25.5 Å². The van der Waals surface area contributed by atoms with Gasteiger partial charge >= 0.3 is 0 Å². The van der Waals surface area contributed by atoms with Crippen molar-refractivity contribution >= 4 is 5.82 Å². The van der Waals surface area contributed by atoms with Gasteiger partial charge < -0.3 is 5.32 Å². The van der Waals surface area contributed by atoms with Crippen LogP contribution in [0.5, 0.6) is 0 Å². The minimum absolute atomic E-state index is 0.786. The summed E-state index contributed by atoms with van der Waals surface area (Å²) in [6, 6.07) is 6.35. The van der Waals surface area contributed by atoms with E-state index in [9.17, 15) is 0 Å². The highest BCUT2D eigenvalue weighted by Gasteiger charge is 2.04. The molecule has 1 aromatic heterocycles. The summed E-state index contributed by atoms with van der Waals surface area (Å²) in [6.45, 7) is 4.17. The summed E-state index contributed by atoms with van der Waals surface area (Å²) < 4.78 is 0. The predicted molar refractivity (Wildman–Crippen MR) is 66.5 cm³/mol. The zero-order chi connectivity index (χ0) is 11.5. The number of aryl methyl sites for hydroxylation is 2. The molecule has 0 aliphatic rings. The number of hydrogen-bond donors (Lipinski definition) is 1. The molecule has 0 saturated carbocycles. The molecule has 0 saturated heterocycles. The number of benzene rings is 1. The number of nitrogens with zero attached hydrogens (tertiary/aromatic N) is 2. The highest BCUT2D eigenvalue weighted by molar-refractivity contribution is 5.64. The maximum atomic E-state index is 4.40. The van der Waals surface area contributed by atoms with E-state index in [1.807, 2.05) is 7.05 Å². The molecule has 0 spiro atoms. The first kappa shape index (κ1) is 10.6. The monoisotopic (exact) mass is 213 g/mol. The van der Waals surface area contributed by atoms with Crippen LogP contribution in [0.1, 0.15) is 11.1 Å². The molecule has 0 amide bonds. The standard InChI is InChI=1S/C13H15N3/c1-9-4-5-10(2)11(6-9)12-7-16-13(14-3)8-15-12/h4-8H,1-3H3,(H,14,16). The van der Waals surface area contributed by atoms with E-state index < -0.39 is 0 Å². The maximum absolute atomic E-state index is 4.40. The number of hydrogen-bond acceptors (Lipinski definition) is 3. The van der Waals surface area contributed by atoms with Crippen LogP contribution in [0.4, 0.5) is 5.82 Å².